The van der Waals surface area contributed by atoms with Gasteiger partial charge < -0.3 is 15.4 Å². The van der Waals surface area contributed by atoms with Crippen LogP contribution in [0.2, 0.25) is 0 Å². The van der Waals surface area contributed by atoms with E-state index in [-0.39, 0.29) is 6.04 Å². The van der Waals surface area contributed by atoms with E-state index in [1.54, 1.807) is 0 Å². The molecular weight excluding hydrogens is 304 g/mol. The lowest BCUT2D eigenvalue weighted by Gasteiger charge is -2.18. The highest BCUT2D eigenvalue weighted by atomic mass is 32.1. The largest absolute Gasteiger partial charge is 0.491 e. The van der Waals surface area contributed by atoms with Gasteiger partial charge in [0.1, 0.15) is 12.4 Å². The maximum Gasteiger partial charge on any atom is 0.171 e. The van der Waals surface area contributed by atoms with E-state index in [4.69, 9.17) is 17.0 Å². The molecule has 0 aromatic heterocycles. The van der Waals surface area contributed by atoms with Crippen LogP contribution in [0.15, 0.2) is 42.5 Å². The van der Waals surface area contributed by atoms with E-state index < -0.39 is 0 Å². The summed E-state index contributed by atoms with van der Waals surface area (Å²) < 4.78 is 5.76. The van der Waals surface area contributed by atoms with Crippen LogP contribution in [-0.4, -0.2) is 17.8 Å². The minimum Gasteiger partial charge on any atom is -0.491 e. The normalized spacial score (nSPS) is 11.7. The molecule has 0 bridgehead atoms. The lowest BCUT2D eigenvalue weighted by Crippen LogP contribution is -2.39. The molecule has 0 aliphatic heterocycles. The SMILES string of the molecule is Cc1ccc(OC[C@H](C)NC(=S)Nc2ccc(C)cc2C)cc1. The first-order chi connectivity index (χ1) is 10.9. The quantitative estimate of drug-likeness (QED) is 0.799. The Morgan fingerprint density at radius 1 is 1.04 bits per heavy atom. The van der Waals surface area contributed by atoms with Crippen molar-refractivity contribution in [1.29, 1.82) is 0 Å². The summed E-state index contributed by atoms with van der Waals surface area (Å²) in [7, 11) is 0. The smallest absolute Gasteiger partial charge is 0.171 e. The summed E-state index contributed by atoms with van der Waals surface area (Å²) in [4.78, 5) is 0. The Kier molecular flexibility index (Phi) is 5.99. The molecule has 0 fully saturated rings. The van der Waals surface area contributed by atoms with Crippen LogP contribution in [0.1, 0.15) is 23.6 Å². The van der Waals surface area contributed by atoms with Crippen molar-refractivity contribution in [3.8, 4) is 5.75 Å². The summed E-state index contributed by atoms with van der Waals surface area (Å²) in [6, 6.07) is 14.4. The predicted octanol–water partition coefficient (Wildman–Crippen LogP) is 4.37. The number of aryl methyl sites for hydroxylation is 3. The maximum absolute atomic E-state index is 5.76. The molecule has 122 valence electrons. The van der Waals surface area contributed by atoms with E-state index in [1.165, 1.54) is 16.7 Å². The highest BCUT2D eigenvalue weighted by Crippen LogP contribution is 2.16. The van der Waals surface area contributed by atoms with Crippen molar-refractivity contribution in [1.82, 2.24) is 5.32 Å². The lowest BCUT2D eigenvalue weighted by molar-refractivity contribution is 0.287. The number of anilines is 1. The number of thiocarbonyl (C=S) groups is 1. The standard InChI is InChI=1S/C19H24N2OS/c1-13-5-8-17(9-6-13)22-12-16(4)20-19(23)21-18-10-7-14(2)11-15(18)3/h5-11,16H,12H2,1-4H3,(H2,20,21,23)/t16-/m0/s1. The van der Waals surface area contributed by atoms with E-state index in [1.807, 2.05) is 37.3 Å². The van der Waals surface area contributed by atoms with E-state index in [0.717, 1.165) is 11.4 Å². The molecule has 0 aliphatic rings. The van der Waals surface area contributed by atoms with E-state index in [0.29, 0.717) is 11.7 Å². The molecule has 0 saturated carbocycles. The van der Waals surface area contributed by atoms with Crippen LogP contribution >= 0.6 is 12.2 Å². The lowest BCUT2D eigenvalue weighted by atomic mass is 10.1. The molecule has 3 nitrogen and oxygen atoms in total. The van der Waals surface area contributed by atoms with Crippen LogP contribution in [0.3, 0.4) is 0 Å². The molecule has 4 heteroatoms. The Hall–Kier alpha value is -2.07. The first kappa shape index (κ1) is 17.3. The van der Waals surface area contributed by atoms with Gasteiger partial charge in [0.05, 0.1) is 6.04 Å². The van der Waals surface area contributed by atoms with Crippen LogP contribution < -0.4 is 15.4 Å². The van der Waals surface area contributed by atoms with Gasteiger partial charge in [-0.3, -0.25) is 0 Å². The van der Waals surface area contributed by atoms with Crippen LogP contribution in [-0.2, 0) is 0 Å². The van der Waals surface area contributed by atoms with E-state index in [9.17, 15) is 0 Å². The summed E-state index contributed by atoms with van der Waals surface area (Å²) in [5.74, 6) is 0.873. The minimum absolute atomic E-state index is 0.113. The fourth-order valence-corrected chi connectivity index (χ4v) is 2.54. The molecule has 2 aromatic rings. The van der Waals surface area contributed by atoms with E-state index in [2.05, 4.69) is 43.5 Å². The fraction of sp³-hybridized carbons (Fsp3) is 0.316. The Morgan fingerprint density at radius 3 is 2.35 bits per heavy atom. The molecule has 0 aliphatic carbocycles. The first-order valence-electron chi connectivity index (χ1n) is 7.78. The highest BCUT2D eigenvalue weighted by molar-refractivity contribution is 7.80. The van der Waals surface area contributed by atoms with Crippen molar-refractivity contribution in [3.05, 3.63) is 59.2 Å². The van der Waals surface area contributed by atoms with Crippen molar-refractivity contribution in [2.45, 2.75) is 33.7 Å². The van der Waals surface area contributed by atoms with Gasteiger partial charge in [-0.05, 0) is 63.7 Å². The zero-order valence-corrected chi connectivity index (χ0v) is 15.0. The average molecular weight is 328 g/mol. The van der Waals surface area contributed by atoms with Gasteiger partial charge in [-0.15, -0.1) is 0 Å². The van der Waals surface area contributed by atoms with Gasteiger partial charge >= 0.3 is 0 Å². The van der Waals surface area contributed by atoms with Gasteiger partial charge in [0.15, 0.2) is 5.11 Å². The monoisotopic (exact) mass is 328 g/mol. The van der Waals surface area contributed by atoms with Gasteiger partial charge in [-0.25, -0.2) is 0 Å². The Bertz CT molecular complexity index is 668. The minimum atomic E-state index is 0.113. The van der Waals surface area contributed by atoms with Gasteiger partial charge in [0.25, 0.3) is 0 Å². The average Bonchev–Trinajstić information content (AvgIpc) is 2.49. The van der Waals surface area contributed by atoms with Crippen molar-refractivity contribution in [2.75, 3.05) is 11.9 Å². The van der Waals surface area contributed by atoms with Crippen molar-refractivity contribution >= 4 is 23.0 Å². The summed E-state index contributed by atoms with van der Waals surface area (Å²) in [6.07, 6.45) is 0. The Balaban J connectivity index is 1.81. The molecule has 0 spiro atoms. The first-order valence-corrected chi connectivity index (χ1v) is 8.19. The molecule has 2 aromatic carbocycles. The zero-order chi connectivity index (χ0) is 16.8. The van der Waals surface area contributed by atoms with Crippen LogP contribution in [0.5, 0.6) is 5.75 Å². The Morgan fingerprint density at radius 2 is 1.70 bits per heavy atom. The van der Waals surface area contributed by atoms with Crippen molar-refractivity contribution in [2.24, 2.45) is 0 Å². The third kappa shape index (κ3) is 5.57. The third-order valence-electron chi connectivity index (χ3n) is 3.53. The van der Waals surface area contributed by atoms with Crippen molar-refractivity contribution < 1.29 is 4.74 Å². The van der Waals surface area contributed by atoms with Gasteiger partial charge in [-0.1, -0.05) is 35.4 Å². The van der Waals surface area contributed by atoms with Gasteiger partial charge in [0, 0.05) is 5.69 Å². The number of ether oxygens (including phenoxy) is 1. The Labute approximate surface area is 144 Å². The summed E-state index contributed by atoms with van der Waals surface area (Å²) >= 11 is 5.37. The van der Waals surface area contributed by atoms with Gasteiger partial charge in [-0.2, -0.15) is 0 Å². The van der Waals surface area contributed by atoms with Crippen LogP contribution in [0.4, 0.5) is 5.69 Å². The second-order valence-corrected chi connectivity index (χ2v) is 6.35. The van der Waals surface area contributed by atoms with Crippen LogP contribution in [0.25, 0.3) is 0 Å². The third-order valence-corrected chi connectivity index (χ3v) is 3.75. The molecule has 0 saturated heterocycles. The highest BCUT2D eigenvalue weighted by Gasteiger charge is 2.07. The number of rotatable bonds is 5. The number of hydrogen-bond acceptors (Lipinski definition) is 2. The predicted molar refractivity (Wildman–Crippen MR) is 101 cm³/mol. The molecule has 0 radical (unpaired) electrons. The molecular formula is C19H24N2OS. The topological polar surface area (TPSA) is 33.3 Å². The van der Waals surface area contributed by atoms with Gasteiger partial charge in [0.2, 0.25) is 0 Å². The molecule has 0 heterocycles. The molecule has 0 unspecified atom stereocenters. The van der Waals surface area contributed by atoms with Crippen LogP contribution in [0, 0.1) is 20.8 Å². The van der Waals surface area contributed by atoms with Crippen molar-refractivity contribution in [3.63, 3.8) is 0 Å². The molecule has 2 N–H and O–H groups in total. The summed E-state index contributed by atoms with van der Waals surface area (Å²) in [5, 5.41) is 7.09. The zero-order valence-electron chi connectivity index (χ0n) is 14.1. The number of nitrogens with one attached hydrogen (secondary N) is 2. The second-order valence-electron chi connectivity index (χ2n) is 5.94. The number of hydrogen-bond donors (Lipinski definition) is 2. The fourth-order valence-electron chi connectivity index (χ4n) is 2.23. The second kappa shape index (κ2) is 7.97. The molecule has 2 rings (SSSR count). The molecule has 0 amide bonds. The number of benzene rings is 2. The maximum atomic E-state index is 5.76. The summed E-state index contributed by atoms with van der Waals surface area (Å²) in [6.45, 7) is 8.81. The summed E-state index contributed by atoms with van der Waals surface area (Å²) in [5.41, 5.74) is 4.67. The molecule has 1 atom stereocenters. The van der Waals surface area contributed by atoms with E-state index >= 15 is 0 Å². The molecule has 23 heavy (non-hydrogen) atoms.